The summed E-state index contributed by atoms with van der Waals surface area (Å²) in [4.78, 5) is 12.0. The van der Waals surface area contributed by atoms with E-state index < -0.39 is 11.7 Å². The van der Waals surface area contributed by atoms with E-state index in [0.717, 1.165) is 0 Å². The molecular weight excluding hydrogens is 255 g/mol. The smallest absolute Gasteiger partial charge is 0.258 e. The molecule has 0 aliphatic rings. The average molecular weight is 268 g/mol. The van der Waals surface area contributed by atoms with Crippen molar-refractivity contribution in [2.75, 3.05) is 11.9 Å². The van der Waals surface area contributed by atoms with Crippen LogP contribution in [0.25, 0.3) is 0 Å². The molecule has 0 heterocycles. The molecule has 0 aliphatic heterocycles. The minimum absolute atomic E-state index is 0.0212. The van der Waals surface area contributed by atoms with Gasteiger partial charge < -0.3 is 11.1 Å². The first-order valence-corrected chi connectivity index (χ1v) is 6.05. The molecule has 2 rings (SSSR count). The van der Waals surface area contributed by atoms with Crippen molar-refractivity contribution in [2.45, 2.75) is 0 Å². The van der Waals surface area contributed by atoms with Crippen molar-refractivity contribution in [3.05, 3.63) is 65.5 Å². The van der Waals surface area contributed by atoms with Gasteiger partial charge in [0.25, 0.3) is 5.91 Å². The predicted molar refractivity (Wildman–Crippen MR) is 76.7 cm³/mol. The van der Waals surface area contributed by atoms with E-state index in [9.17, 15) is 9.18 Å². The van der Waals surface area contributed by atoms with Gasteiger partial charge in [0.15, 0.2) is 0 Å². The van der Waals surface area contributed by atoms with Gasteiger partial charge in [0.05, 0.1) is 12.1 Å². The van der Waals surface area contributed by atoms with Gasteiger partial charge in [-0.3, -0.25) is 4.79 Å². The Morgan fingerprint density at radius 3 is 2.60 bits per heavy atom. The summed E-state index contributed by atoms with van der Waals surface area (Å²) in [7, 11) is 0. The largest absolute Gasteiger partial charge is 0.322 e. The normalized spacial score (nSPS) is 9.50. The molecule has 0 spiro atoms. The Hall–Kier alpha value is -2.64. The lowest BCUT2D eigenvalue weighted by atomic mass is 10.1. The van der Waals surface area contributed by atoms with Crippen LogP contribution in [0.3, 0.4) is 0 Å². The lowest BCUT2D eigenvalue weighted by Crippen LogP contribution is -2.13. The maximum absolute atomic E-state index is 13.9. The van der Waals surface area contributed by atoms with Gasteiger partial charge in [0.2, 0.25) is 0 Å². The average Bonchev–Trinajstić information content (AvgIpc) is 2.46. The summed E-state index contributed by atoms with van der Waals surface area (Å²) in [5.41, 5.74) is 6.33. The van der Waals surface area contributed by atoms with Crippen LogP contribution in [0, 0.1) is 17.7 Å². The minimum Gasteiger partial charge on any atom is -0.322 e. The quantitative estimate of drug-likeness (QED) is 0.822. The van der Waals surface area contributed by atoms with Crippen molar-refractivity contribution in [2.24, 2.45) is 5.73 Å². The summed E-state index contributed by atoms with van der Waals surface area (Å²) in [6.45, 7) is 0.206. The number of benzene rings is 2. The number of rotatable bonds is 2. The van der Waals surface area contributed by atoms with Gasteiger partial charge in [-0.25, -0.2) is 4.39 Å². The first-order valence-electron chi connectivity index (χ1n) is 6.05. The standard InChI is InChI=1S/C16H13FN2O/c17-15-11-12(5-4-10-18)8-9-14(15)16(20)19-13-6-2-1-3-7-13/h1-3,6-9,11H,10,18H2,(H,19,20). The molecule has 3 N–H and O–H groups in total. The monoisotopic (exact) mass is 268 g/mol. The van der Waals surface area contributed by atoms with Crippen LogP contribution in [0.1, 0.15) is 15.9 Å². The molecule has 1 amide bonds. The first kappa shape index (κ1) is 13.8. The van der Waals surface area contributed by atoms with E-state index in [1.807, 2.05) is 6.07 Å². The van der Waals surface area contributed by atoms with Crippen LogP contribution in [-0.2, 0) is 0 Å². The second-order valence-corrected chi connectivity index (χ2v) is 4.02. The zero-order chi connectivity index (χ0) is 14.4. The molecule has 2 aromatic carbocycles. The van der Waals surface area contributed by atoms with Gasteiger partial charge in [-0.2, -0.15) is 0 Å². The molecule has 20 heavy (non-hydrogen) atoms. The van der Waals surface area contributed by atoms with E-state index in [0.29, 0.717) is 11.3 Å². The Kier molecular flexibility index (Phi) is 4.48. The summed E-state index contributed by atoms with van der Waals surface area (Å²) in [5.74, 6) is 4.24. The number of hydrogen-bond donors (Lipinski definition) is 2. The zero-order valence-corrected chi connectivity index (χ0v) is 10.7. The van der Waals surface area contributed by atoms with E-state index in [4.69, 9.17) is 5.73 Å². The maximum atomic E-state index is 13.9. The molecule has 0 fully saturated rings. The third-order valence-corrected chi connectivity index (χ3v) is 2.58. The van der Waals surface area contributed by atoms with E-state index >= 15 is 0 Å². The fraction of sp³-hybridized carbons (Fsp3) is 0.0625. The Bertz CT molecular complexity index is 672. The van der Waals surface area contributed by atoms with Crippen LogP contribution >= 0.6 is 0 Å². The zero-order valence-electron chi connectivity index (χ0n) is 10.7. The maximum Gasteiger partial charge on any atom is 0.258 e. The van der Waals surface area contributed by atoms with Gasteiger partial charge in [-0.1, -0.05) is 30.0 Å². The van der Waals surface area contributed by atoms with Crippen molar-refractivity contribution < 1.29 is 9.18 Å². The molecule has 3 nitrogen and oxygen atoms in total. The fourth-order valence-corrected chi connectivity index (χ4v) is 1.65. The number of anilines is 1. The topological polar surface area (TPSA) is 55.1 Å². The second kappa shape index (κ2) is 6.50. The summed E-state index contributed by atoms with van der Waals surface area (Å²) >= 11 is 0. The Labute approximate surface area is 116 Å². The number of hydrogen-bond acceptors (Lipinski definition) is 2. The van der Waals surface area contributed by atoms with Gasteiger partial charge in [-0.05, 0) is 30.3 Å². The fourth-order valence-electron chi connectivity index (χ4n) is 1.65. The highest BCUT2D eigenvalue weighted by Crippen LogP contribution is 2.13. The van der Waals surface area contributed by atoms with E-state index in [1.165, 1.54) is 12.1 Å². The van der Waals surface area contributed by atoms with Crippen molar-refractivity contribution in [1.29, 1.82) is 0 Å². The number of para-hydroxylation sites is 1. The highest BCUT2D eigenvalue weighted by atomic mass is 19.1. The van der Waals surface area contributed by atoms with E-state index in [1.54, 1.807) is 30.3 Å². The lowest BCUT2D eigenvalue weighted by molar-refractivity contribution is 0.102. The molecule has 2 aromatic rings. The third-order valence-electron chi connectivity index (χ3n) is 2.58. The number of halogens is 1. The molecule has 0 atom stereocenters. The second-order valence-electron chi connectivity index (χ2n) is 4.02. The molecule has 0 aliphatic carbocycles. The Morgan fingerprint density at radius 1 is 1.20 bits per heavy atom. The highest BCUT2D eigenvalue weighted by Gasteiger charge is 2.11. The lowest BCUT2D eigenvalue weighted by Gasteiger charge is -2.06. The molecule has 0 saturated heterocycles. The third kappa shape index (κ3) is 3.44. The van der Waals surface area contributed by atoms with Crippen molar-refractivity contribution >= 4 is 11.6 Å². The summed E-state index contributed by atoms with van der Waals surface area (Å²) in [6.07, 6.45) is 0. The molecular formula is C16H13FN2O. The Morgan fingerprint density at radius 2 is 1.95 bits per heavy atom. The number of nitrogens with two attached hydrogens (primary N) is 1. The van der Waals surface area contributed by atoms with Crippen molar-refractivity contribution in [1.82, 2.24) is 0 Å². The summed E-state index contributed by atoms with van der Waals surface area (Å²) < 4.78 is 13.9. The number of carbonyl (C=O) groups is 1. The summed E-state index contributed by atoms with van der Waals surface area (Å²) in [5, 5.41) is 2.63. The predicted octanol–water partition coefficient (Wildman–Crippen LogP) is 2.39. The number of amides is 1. The van der Waals surface area contributed by atoms with E-state index in [2.05, 4.69) is 17.2 Å². The highest BCUT2D eigenvalue weighted by molar-refractivity contribution is 6.04. The van der Waals surface area contributed by atoms with Gasteiger partial charge in [-0.15, -0.1) is 0 Å². The SMILES string of the molecule is NCC#Cc1ccc(C(=O)Nc2ccccc2)c(F)c1. The summed E-state index contributed by atoms with van der Waals surface area (Å²) in [6, 6.07) is 13.1. The number of nitrogens with one attached hydrogen (secondary N) is 1. The Balaban J connectivity index is 2.18. The van der Waals surface area contributed by atoms with Crippen LogP contribution in [0.15, 0.2) is 48.5 Å². The van der Waals surface area contributed by atoms with Crippen molar-refractivity contribution in [3.8, 4) is 11.8 Å². The molecule has 4 heteroatoms. The van der Waals surface area contributed by atoms with Crippen LogP contribution in [-0.4, -0.2) is 12.5 Å². The molecule has 100 valence electrons. The van der Waals surface area contributed by atoms with Gasteiger partial charge in [0, 0.05) is 11.3 Å². The van der Waals surface area contributed by atoms with Gasteiger partial charge >= 0.3 is 0 Å². The van der Waals surface area contributed by atoms with Crippen LogP contribution in [0.5, 0.6) is 0 Å². The van der Waals surface area contributed by atoms with Crippen LogP contribution in [0.4, 0.5) is 10.1 Å². The molecule has 0 unspecified atom stereocenters. The number of carbonyl (C=O) groups excluding carboxylic acids is 1. The molecule has 0 aromatic heterocycles. The molecule has 0 bridgehead atoms. The van der Waals surface area contributed by atoms with Crippen LogP contribution < -0.4 is 11.1 Å². The van der Waals surface area contributed by atoms with Crippen LogP contribution in [0.2, 0.25) is 0 Å². The van der Waals surface area contributed by atoms with Gasteiger partial charge in [0.1, 0.15) is 5.82 Å². The minimum atomic E-state index is -0.609. The van der Waals surface area contributed by atoms with Crippen molar-refractivity contribution in [3.63, 3.8) is 0 Å². The molecule has 0 radical (unpaired) electrons. The van der Waals surface area contributed by atoms with E-state index in [-0.39, 0.29) is 12.1 Å². The first-order chi connectivity index (χ1) is 9.70. The molecule has 0 saturated carbocycles.